The van der Waals surface area contributed by atoms with Crippen molar-refractivity contribution in [2.24, 2.45) is 0 Å². The number of nitrogens with zero attached hydrogens (tertiary/aromatic N) is 5. The summed E-state index contributed by atoms with van der Waals surface area (Å²) in [5.41, 5.74) is 4.83. The minimum absolute atomic E-state index is 0.138. The molecule has 0 aliphatic carbocycles. The van der Waals surface area contributed by atoms with E-state index in [0.29, 0.717) is 46.1 Å². The van der Waals surface area contributed by atoms with E-state index < -0.39 is 27.7 Å². The number of hydrogen-bond acceptors (Lipinski definition) is 12. The molecule has 1 aliphatic rings. The van der Waals surface area contributed by atoms with Crippen molar-refractivity contribution in [3.05, 3.63) is 159 Å². The van der Waals surface area contributed by atoms with Crippen molar-refractivity contribution in [1.82, 2.24) is 24.6 Å². The molecule has 73 heavy (non-hydrogen) atoms. The largest absolute Gasteiger partial charge is 0.394 e. The molecule has 6 aromatic rings. The number of sulfonamides is 1. The number of aromatic nitrogens is 1. The van der Waals surface area contributed by atoms with Crippen LogP contribution >= 0.6 is 23.4 Å². The van der Waals surface area contributed by atoms with E-state index in [0.717, 1.165) is 73.3 Å². The van der Waals surface area contributed by atoms with Crippen LogP contribution in [-0.4, -0.2) is 140 Å². The topological polar surface area (TPSA) is 186 Å². The van der Waals surface area contributed by atoms with E-state index >= 15 is 0 Å². The molecule has 5 N–H and O–H groups in total. The van der Waals surface area contributed by atoms with Gasteiger partial charge in [0.15, 0.2) is 0 Å². The molecule has 7 rings (SSSR count). The van der Waals surface area contributed by atoms with Gasteiger partial charge in [-0.1, -0.05) is 65.9 Å². The number of carbonyl (C=O) groups excluding carboxylic acids is 1. The number of nitro benzene ring substituents is 1. The number of rotatable bonds is 23. The highest BCUT2D eigenvalue weighted by Gasteiger charge is 2.26. The number of aryl methyl sites for hydroxylation is 1. The van der Waals surface area contributed by atoms with Crippen LogP contribution in [0.25, 0.3) is 22.3 Å². The number of aliphatic hydroxyl groups is 2. The molecule has 5 aromatic carbocycles. The molecule has 2 heterocycles. The molecule has 0 saturated carbocycles. The number of carbonyl (C=O) groups is 1. The lowest BCUT2D eigenvalue weighted by Crippen LogP contribution is -2.45. The van der Waals surface area contributed by atoms with Crippen LogP contribution in [0.1, 0.15) is 40.9 Å². The van der Waals surface area contributed by atoms with Crippen LogP contribution in [-0.2, 0) is 16.6 Å². The summed E-state index contributed by atoms with van der Waals surface area (Å²) < 4.78 is 31.7. The lowest BCUT2D eigenvalue weighted by molar-refractivity contribution is -0.384. The van der Waals surface area contributed by atoms with Gasteiger partial charge in [0.05, 0.1) is 22.5 Å². The van der Waals surface area contributed by atoms with Gasteiger partial charge in [0.2, 0.25) is 0 Å². The lowest BCUT2D eigenvalue weighted by Gasteiger charge is -2.32. The molecule has 1 amide bonds. The van der Waals surface area contributed by atoms with Crippen molar-refractivity contribution in [2.75, 3.05) is 89.4 Å². The predicted molar refractivity (Wildman–Crippen MR) is 293 cm³/mol. The van der Waals surface area contributed by atoms with E-state index in [1.54, 1.807) is 48.2 Å². The summed E-state index contributed by atoms with van der Waals surface area (Å²) in [4.78, 5) is 33.7. The summed E-state index contributed by atoms with van der Waals surface area (Å²) in [6, 6.07) is 35.1. The summed E-state index contributed by atoms with van der Waals surface area (Å²) in [7, 11) is 1.82. The van der Waals surface area contributed by atoms with Crippen LogP contribution in [0.15, 0.2) is 137 Å². The Bertz CT molecular complexity index is 2970. The van der Waals surface area contributed by atoms with Gasteiger partial charge in [-0.3, -0.25) is 19.6 Å². The highest BCUT2D eigenvalue weighted by Crippen LogP contribution is 2.38. The summed E-state index contributed by atoms with van der Waals surface area (Å²) in [5.74, 6) is 6.76. The van der Waals surface area contributed by atoms with Gasteiger partial charge in [0.1, 0.15) is 11.4 Å². The van der Waals surface area contributed by atoms with Crippen LogP contribution in [0.3, 0.4) is 0 Å². The fraction of sp³-hybridized carbons (Fsp3) is 0.327. The Morgan fingerprint density at radius 1 is 0.877 bits per heavy atom. The number of nitro groups is 1. The first-order valence-corrected chi connectivity index (χ1v) is 27.1. The molecule has 0 unspecified atom stereocenters. The second-order valence-electron chi connectivity index (χ2n) is 18.4. The lowest BCUT2D eigenvalue weighted by atomic mass is 9.95. The zero-order chi connectivity index (χ0) is 51.9. The normalized spacial score (nSPS) is 14.0. The first-order valence-electron chi connectivity index (χ1n) is 24.3. The minimum atomic E-state index is -4.23. The standard InChI is InChI=1S/C55H63ClN8O7S2/c1-60(2)29-25-46(39-72-48-11-5-4-6-12-48)58-51-24-23-49(36-52(51)64(68)69)73(70,71)59-45-21-15-40(16-22-45)13-14-41-9-7-10-43(35-41)53-50(42-17-19-44(56)20-18-42)37-63(30-26-47(66)38-65)54(53)55(67)57-27-8-28-62-33-31-61(3)32-34-62/h4-7,9-12,15-24,35-37,46-47,58-59,65-66H,8,25-34,38-39H2,1-3H3,(H,57,67)/t46-,47+/m1/s1. The number of halogens is 1. The van der Waals surface area contributed by atoms with Gasteiger partial charge in [0.25, 0.3) is 21.6 Å². The van der Waals surface area contributed by atoms with Crippen molar-refractivity contribution in [2.45, 2.75) is 47.7 Å². The molecule has 0 bridgehead atoms. The Morgan fingerprint density at radius 2 is 1.60 bits per heavy atom. The summed E-state index contributed by atoms with van der Waals surface area (Å²) in [6.07, 6.45) is 2.65. The Hall–Kier alpha value is -6.20. The molecule has 15 nitrogen and oxygen atoms in total. The summed E-state index contributed by atoms with van der Waals surface area (Å²) in [6.45, 7) is 5.95. The van der Waals surface area contributed by atoms with Crippen LogP contribution in [0.4, 0.5) is 17.1 Å². The number of hydrogen-bond donors (Lipinski definition) is 5. The van der Waals surface area contributed by atoms with E-state index in [4.69, 9.17) is 11.6 Å². The van der Waals surface area contributed by atoms with Crippen molar-refractivity contribution >= 4 is 56.4 Å². The van der Waals surface area contributed by atoms with Crippen molar-refractivity contribution < 1.29 is 28.3 Å². The molecule has 2 atom stereocenters. The zero-order valence-electron chi connectivity index (χ0n) is 41.3. The molecule has 1 aromatic heterocycles. The zero-order valence-corrected chi connectivity index (χ0v) is 43.7. The van der Waals surface area contributed by atoms with Gasteiger partial charge in [-0.25, -0.2) is 8.42 Å². The Labute approximate surface area is 437 Å². The monoisotopic (exact) mass is 1050 g/mol. The number of piperazine rings is 1. The Kier molecular flexibility index (Phi) is 19.5. The molecule has 1 aliphatic heterocycles. The predicted octanol–water partition coefficient (Wildman–Crippen LogP) is 8.22. The number of amides is 1. The second-order valence-corrected chi connectivity index (χ2v) is 21.6. The summed E-state index contributed by atoms with van der Waals surface area (Å²) in [5, 5.41) is 39.4. The average Bonchev–Trinajstić information content (AvgIpc) is 3.78. The van der Waals surface area contributed by atoms with Gasteiger partial charge in [-0.15, -0.1) is 11.8 Å². The smallest absolute Gasteiger partial charge is 0.293 e. The number of aliphatic hydroxyl groups excluding tert-OH is 2. The molecule has 0 radical (unpaired) electrons. The first kappa shape index (κ1) is 54.6. The molecule has 1 fully saturated rings. The van der Waals surface area contributed by atoms with Crippen LogP contribution in [0.2, 0.25) is 5.02 Å². The average molecular weight is 1050 g/mol. The van der Waals surface area contributed by atoms with Gasteiger partial charge in [0, 0.05) is 101 Å². The third kappa shape index (κ3) is 15.7. The van der Waals surface area contributed by atoms with Crippen LogP contribution < -0.4 is 15.4 Å². The van der Waals surface area contributed by atoms with Crippen LogP contribution in [0, 0.1) is 22.0 Å². The van der Waals surface area contributed by atoms with Crippen LogP contribution in [0.5, 0.6) is 0 Å². The van der Waals surface area contributed by atoms with E-state index in [1.165, 1.54) is 12.1 Å². The van der Waals surface area contributed by atoms with Gasteiger partial charge < -0.3 is 40.1 Å². The SMILES string of the molecule is CN(C)CC[C@H](CSc1ccccc1)Nc1ccc(S(=O)(=O)Nc2ccc(C#Cc3cccc(-c4c(-c5ccc(Cl)cc5)cn(CC[C@H](O)CO)c4C(=O)NCCCN4CCN(C)CC4)c3)cc2)cc1[N+](=O)[O-]. The van der Waals surface area contributed by atoms with E-state index in [2.05, 4.69) is 44.0 Å². The van der Waals surface area contributed by atoms with Gasteiger partial charge in [-0.2, -0.15) is 0 Å². The fourth-order valence-corrected chi connectivity index (χ4v) is 10.6. The second kappa shape index (κ2) is 26.1. The molecular formula is C55H63ClN8O7S2. The van der Waals surface area contributed by atoms with Gasteiger partial charge >= 0.3 is 0 Å². The molecule has 1 saturated heterocycles. The third-order valence-electron chi connectivity index (χ3n) is 12.5. The van der Waals surface area contributed by atoms with E-state index in [9.17, 15) is 33.5 Å². The number of thioether (sulfide) groups is 1. The maximum atomic E-state index is 14.4. The number of nitrogens with one attached hydrogen (secondary N) is 3. The highest BCUT2D eigenvalue weighted by atomic mass is 35.5. The van der Waals surface area contributed by atoms with E-state index in [1.807, 2.05) is 96.5 Å². The highest BCUT2D eigenvalue weighted by molar-refractivity contribution is 7.99. The number of likely N-dealkylation sites (N-methyl/N-ethyl adjacent to an activating group) is 1. The van der Waals surface area contributed by atoms with Crippen molar-refractivity contribution in [1.29, 1.82) is 0 Å². The molecular weight excluding hydrogens is 984 g/mol. The number of benzene rings is 5. The van der Waals surface area contributed by atoms with Gasteiger partial charge in [-0.05, 0) is 137 Å². The quantitative estimate of drug-likeness (QED) is 0.0136. The van der Waals surface area contributed by atoms with Crippen molar-refractivity contribution in [3.8, 4) is 34.1 Å². The Balaban J connectivity index is 1.09. The fourth-order valence-electron chi connectivity index (χ4n) is 8.38. The minimum Gasteiger partial charge on any atom is -0.394 e. The maximum absolute atomic E-state index is 14.4. The summed E-state index contributed by atoms with van der Waals surface area (Å²) >= 11 is 7.96. The molecule has 18 heteroatoms. The first-order chi connectivity index (χ1) is 35.1. The molecule has 384 valence electrons. The number of anilines is 2. The molecule has 0 spiro atoms. The van der Waals surface area contributed by atoms with E-state index in [-0.39, 0.29) is 46.9 Å². The maximum Gasteiger partial charge on any atom is 0.293 e. The third-order valence-corrected chi connectivity index (χ3v) is 15.3. The Morgan fingerprint density at radius 3 is 2.30 bits per heavy atom. The van der Waals surface area contributed by atoms with Crippen molar-refractivity contribution in [3.63, 3.8) is 0 Å².